The van der Waals surface area contributed by atoms with Gasteiger partial charge in [0.15, 0.2) is 0 Å². The number of anilines is 1. The second-order valence-corrected chi connectivity index (χ2v) is 3.55. The summed E-state index contributed by atoms with van der Waals surface area (Å²) in [6, 6.07) is 3.10. The SMILES string of the molecule is O=C(Nc1cc(Cl)ccn1)c1c[nH]c(=O)cn1. The highest BCUT2D eigenvalue weighted by atomic mass is 35.5. The summed E-state index contributed by atoms with van der Waals surface area (Å²) in [4.78, 5) is 32.4. The van der Waals surface area contributed by atoms with Crippen molar-refractivity contribution in [2.75, 3.05) is 5.32 Å². The topological polar surface area (TPSA) is 87.7 Å². The fourth-order valence-corrected chi connectivity index (χ4v) is 1.28. The van der Waals surface area contributed by atoms with Gasteiger partial charge in [-0.2, -0.15) is 0 Å². The van der Waals surface area contributed by atoms with E-state index in [2.05, 4.69) is 20.3 Å². The van der Waals surface area contributed by atoms with E-state index < -0.39 is 5.91 Å². The van der Waals surface area contributed by atoms with E-state index >= 15 is 0 Å². The summed E-state index contributed by atoms with van der Waals surface area (Å²) in [6.45, 7) is 0. The minimum absolute atomic E-state index is 0.0892. The maximum Gasteiger partial charge on any atom is 0.276 e. The van der Waals surface area contributed by atoms with Crippen LogP contribution in [0.3, 0.4) is 0 Å². The molecule has 0 aliphatic heterocycles. The first kappa shape index (κ1) is 11.3. The van der Waals surface area contributed by atoms with Crippen LogP contribution in [0.2, 0.25) is 5.02 Å². The van der Waals surface area contributed by atoms with Gasteiger partial charge in [0.05, 0.1) is 6.20 Å². The van der Waals surface area contributed by atoms with Crippen molar-refractivity contribution in [2.24, 2.45) is 0 Å². The summed E-state index contributed by atoms with van der Waals surface area (Å²) in [5.74, 6) is -0.161. The number of rotatable bonds is 2. The summed E-state index contributed by atoms with van der Waals surface area (Å²) in [6.07, 6.45) is 3.72. The minimum Gasteiger partial charge on any atom is -0.325 e. The van der Waals surface area contributed by atoms with Gasteiger partial charge < -0.3 is 10.3 Å². The smallest absolute Gasteiger partial charge is 0.276 e. The molecule has 0 aromatic carbocycles. The number of halogens is 1. The number of H-pyrrole nitrogens is 1. The minimum atomic E-state index is -0.476. The summed E-state index contributed by atoms with van der Waals surface area (Å²) in [5, 5.41) is 2.96. The van der Waals surface area contributed by atoms with Crippen LogP contribution in [0.25, 0.3) is 0 Å². The quantitative estimate of drug-likeness (QED) is 0.835. The molecule has 0 spiro atoms. The van der Waals surface area contributed by atoms with Crippen LogP contribution < -0.4 is 10.9 Å². The number of carbonyl (C=O) groups is 1. The summed E-state index contributed by atoms with van der Waals surface area (Å²) in [5.41, 5.74) is -0.284. The van der Waals surface area contributed by atoms with Crippen molar-refractivity contribution in [3.05, 3.63) is 51.8 Å². The molecule has 0 aliphatic rings. The molecular weight excluding hydrogens is 244 g/mol. The number of aromatic amines is 1. The third-order valence-electron chi connectivity index (χ3n) is 1.87. The average molecular weight is 251 g/mol. The predicted octanol–water partition coefficient (Wildman–Crippen LogP) is 1.07. The largest absolute Gasteiger partial charge is 0.325 e. The summed E-state index contributed by atoms with van der Waals surface area (Å²) in [7, 11) is 0. The second-order valence-electron chi connectivity index (χ2n) is 3.11. The summed E-state index contributed by atoms with van der Waals surface area (Å²) >= 11 is 5.74. The van der Waals surface area contributed by atoms with Crippen LogP contribution >= 0.6 is 11.6 Å². The fraction of sp³-hybridized carbons (Fsp3) is 0. The average Bonchev–Trinajstić information content (AvgIpc) is 2.29. The van der Waals surface area contributed by atoms with E-state index in [1.54, 1.807) is 6.07 Å². The molecule has 86 valence electrons. The van der Waals surface area contributed by atoms with Crippen LogP contribution in [0.5, 0.6) is 0 Å². The van der Waals surface area contributed by atoms with Crippen molar-refractivity contribution < 1.29 is 4.79 Å². The van der Waals surface area contributed by atoms with Gasteiger partial charge in [-0.1, -0.05) is 11.6 Å². The summed E-state index contributed by atoms with van der Waals surface area (Å²) < 4.78 is 0. The Hall–Kier alpha value is -2.21. The van der Waals surface area contributed by atoms with E-state index in [0.29, 0.717) is 10.8 Å². The Morgan fingerprint density at radius 2 is 2.24 bits per heavy atom. The van der Waals surface area contributed by atoms with Crippen molar-refractivity contribution in [1.29, 1.82) is 0 Å². The molecule has 0 unspecified atom stereocenters. The number of carbonyl (C=O) groups excluding carboxylic acids is 1. The third-order valence-corrected chi connectivity index (χ3v) is 2.10. The van der Waals surface area contributed by atoms with Gasteiger partial charge in [0.25, 0.3) is 11.5 Å². The number of pyridine rings is 1. The van der Waals surface area contributed by atoms with Crippen LogP contribution in [-0.4, -0.2) is 20.9 Å². The molecule has 0 radical (unpaired) electrons. The van der Waals surface area contributed by atoms with Gasteiger partial charge in [0.1, 0.15) is 11.5 Å². The van der Waals surface area contributed by atoms with Crippen LogP contribution in [0.4, 0.5) is 5.82 Å². The molecule has 2 rings (SSSR count). The zero-order valence-corrected chi connectivity index (χ0v) is 9.23. The Labute approximate surface area is 101 Å². The number of aromatic nitrogens is 3. The van der Waals surface area contributed by atoms with Gasteiger partial charge in [0, 0.05) is 17.4 Å². The van der Waals surface area contributed by atoms with Crippen LogP contribution in [0, 0.1) is 0 Å². The molecular formula is C10H7ClN4O2. The van der Waals surface area contributed by atoms with E-state index in [9.17, 15) is 9.59 Å². The molecule has 17 heavy (non-hydrogen) atoms. The molecule has 0 saturated carbocycles. The molecule has 0 aliphatic carbocycles. The van der Waals surface area contributed by atoms with Gasteiger partial charge in [-0.25, -0.2) is 9.97 Å². The van der Waals surface area contributed by atoms with Crippen LogP contribution in [0.1, 0.15) is 10.5 Å². The highest BCUT2D eigenvalue weighted by molar-refractivity contribution is 6.30. The molecule has 0 bridgehead atoms. The van der Waals surface area contributed by atoms with Crippen LogP contribution in [-0.2, 0) is 0 Å². The Balaban J connectivity index is 2.17. The second kappa shape index (κ2) is 4.75. The first-order valence-corrected chi connectivity index (χ1v) is 5.00. The fourth-order valence-electron chi connectivity index (χ4n) is 1.12. The standard InChI is InChI=1S/C10H7ClN4O2/c11-6-1-2-12-8(3-6)15-10(17)7-4-14-9(16)5-13-7/h1-5H,(H,14,16)(H,12,15,17). The Kier molecular flexibility index (Phi) is 3.15. The zero-order valence-electron chi connectivity index (χ0n) is 8.48. The molecule has 7 heteroatoms. The Morgan fingerprint density at radius 3 is 2.88 bits per heavy atom. The molecule has 2 heterocycles. The van der Waals surface area contributed by atoms with Gasteiger partial charge in [-0.05, 0) is 12.1 Å². The molecule has 2 aromatic heterocycles. The number of nitrogens with zero attached hydrogens (tertiary/aromatic N) is 2. The Morgan fingerprint density at radius 1 is 1.41 bits per heavy atom. The lowest BCUT2D eigenvalue weighted by Crippen LogP contribution is -2.17. The first-order valence-electron chi connectivity index (χ1n) is 4.63. The predicted molar refractivity (Wildman–Crippen MR) is 62.1 cm³/mol. The number of amides is 1. The van der Waals surface area contributed by atoms with Crippen molar-refractivity contribution >= 4 is 23.3 Å². The molecule has 0 saturated heterocycles. The van der Waals surface area contributed by atoms with Crippen molar-refractivity contribution in [3.8, 4) is 0 Å². The lowest BCUT2D eigenvalue weighted by Gasteiger charge is -2.03. The molecule has 2 aromatic rings. The van der Waals surface area contributed by atoms with E-state index in [1.807, 2.05) is 0 Å². The van der Waals surface area contributed by atoms with Crippen molar-refractivity contribution in [3.63, 3.8) is 0 Å². The van der Waals surface area contributed by atoms with Crippen LogP contribution in [0.15, 0.2) is 35.5 Å². The number of nitrogens with one attached hydrogen (secondary N) is 2. The maximum absolute atomic E-state index is 11.7. The monoisotopic (exact) mass is 250 g/mol. The van der Waals surface area contributed by atoms with Gasteiger partial charge in [-0.3, -0.25) is 9.59 Å². The van der Waals surface area contributed by atoms with E-state index in [4.69, 9.17) is 11.6 Å². The number of hydrogen-bond donors (Lipinski definition) is 2. The Bertz CT molecular complexity index is 591. The number of hydrogen-bond acceptors (Lipinski definition) is 4. The van der Waals surface area contributed by atoms with E-state index in [0.717, 1.165) is 6.20 Å². The highest BCUT2D eigenvalue weighted by Crippen LogP contribution is 2.12. The van der Waals surface area contributed by atoms with Gasteiger partial charge in [-0.15, -0.1) is 0 Å². The highest BCUT2D eigenvalue weighted by Gasteiger charge is 2.08. The van der Waals surface area contributed by atoms with Gasteiger partial charge in [0.2, 0.25) is 0 Å². The molecule has 0 fully saturated rings. The lowest BCUT2D eigenvalue weighted by molar-refractivity contribution is 0.102. The first-order chi connectivity index (χ1) is 8.15. The van der Waals surface area contributed by atoms with Gasteiger partial charge >= 0.3 is 0 Å². The lowest BCUT2D eigenvalue weighted by atomic mass is 10.4. The maximum atomic E-state index is 11.7. The molecule has 6 nitrogen and oxygen atoms in total. The van der Waals surface area contributed by atoms with Crippen molar-refractivity contribution in [2.45, 2.75) is 0 Å². The molecule has 0 atom stereocenters. The zero-order chi connectivity index (χ0) is 12.3. The normalized spacial score (nSPS) is 9.94. The molecule has 2 N–H and O–H groups in total. The van der Waals surface area contributed by atoms with Crippen molar-refractivity contribution in [1.82, 2.24) is 15.0 Å². The van der Waals surface area contributed by atoms with E-state index in [1.165, 1.54) is 18.5 Å². The third kappa shape index (κ3) is 2.88. The molecule has 1 amide bonds. The van der Waals surface area contributed by atoms with E-state index in [-0.39, 0.29) is 11.3 Å².